The van der Waals surface area contributed by atoms with Crippen molar-refractivity contribution in [3.8, 4) is 5.75 Å². The van der Waals surface area contributed by atoms with E-state index >= 15 is 0 Å². The third-order valence-corrected chi connectivity index (χ3v) is 4.46. The lowest BCUT2D eigenvalue weighted by Crippen LogP contribution is -2.44. The Kier molecular flexibility index (Phi) is 5.90. The molecule has 25 heavy (non-hydrogen) atoms. The second kappa shape index (κ2) is 8.53. The summed E-state index contributed by atoms with van der Waals surface area (Å²) < 4.78 is 10.9. The van der Waals surface area contributed by atoms with Gasteiger partial charge in [0.15, 0.2) is 5.96 Å². The van der Waals surface area contributed by atoms with Crippen molar-refractivity contribution in [3.05, 3.63) is 65.7 Å². The Morgan fingerprint density at radius 1 is 1.16 bits per heavy atom. The fourth-order valence-electron chi connectivity index (χ4n) is 2.98. The van der Waals surface area contributed by atoms with E-state index in [0.717, 1.165) is 30.4 Å². The summed E-state index contributed by atoms with van der Waals surface area (Å²) in [5.74, 6) is 2.08. The maximum absolute atomic E-state index is 5.62. The summed E-state index contributed by atoms with van der Waals surface area (Å²) in [5, 5.41) is 6.73. The van der Waals surface area contributed by atoms with Gasteiger partial charge >= 0.3 is 0 Å². The smallest absolute Gasteiger partial charge is 0.191 e. The van der Waals surface area contributed by atoms with Gasteiger partial charge in [0.25, 0.3) is 0 Å². The van der Waals surface area contributed by atoms with Crippen LogP contribution in [0.15, 0.2) is 59.6 Å². The highest BCUT2D eigenvalue weighted by atomic mass is 16.5. The normalized spacial score (nSPS) is 18.0. The molecule has 2 unspecified atom stereocenters. The van der Waals surface area contributed by atoms with E-state index in [0.29, 0.717) is 12.5 Å². The summed E-state index contributed by atoms with van der Waals surface area (Å²) in [6.07, 6.45) is -0.0635. The molecule has 0 aliphatic carbocycles. The van der Waals surface area contributed by atoms with Crippen LogP contribution in [0, 0.1) is 0 Å². The highest BCUT2D eigenvalue weighted by molar-refractivity contribution is 5.80. The Hall–Kier alpha value is -2.53. The zero-order chi connectivity index (χ0) is 17.5. The first-order valence-electron chi connectivity index (χ1n) is 8.54. The summed E-state index contributed by atoms with van der Waals surface area (Å²) in [7, 11) is 3.39. The molecule has 1 aliphatic rings. The summed E-state index contributed by atoms with van der Waals surface area (Å²) in [6, 6.07) is 18.4. The third kappa shape index (κ3) is 4.51. The largest absolute Gasteiger partial charge is 0.497 e. The van der Waals surface area contributed by atoms with Crippen LogP contribution in [0.25, 0.3) is 0 Å². The predicted molar refractivity (Wildman–Crippen MR) is 100 cm³/mol. The molecule has 5 heteroatoms. The van der Waals surface area contributed by atoms with Crippen LogP contribution in [0.3, 0.4) is 0 Å². The van der Waals surface area contributed by atoms with E-state index in [1.54, 1.807) is 14.2 Å². The fraction of sp³-hybridized carbons (Fsp3) is 0.350. The molecule has 1 heterocycles. The van der Waals surface area contributed by atoms with Gasteiger partial charge in [0.2, 0.25) is 0 Å². The summed E-state index contributed by atoms with van der Waals surface area (Å²) in [6.45, 7) is 2.31. The van der Waals surface area contributed by atoms with Gasteiger partial charge in [-0.3, -0.25) is 4.99 Å². The van der Waals surface area contributed by atoms with Crippen molar-refractivity contribution < 1.29 is 9.47 Å². The fourth-order valence-corrected chi connectivity index (χ4v) is 2.98. The second-order valence-corrected chi connectivity index (χ2v) is 6.06. The van der Waals surface area contributed by atoms with Crippen LogP contribution in [-0.2, 0) is 4.74 Å². The van der Waals surface area contributed by atoms with E-state index in [2.05, 4.69) is 39.9 Å². The molecule has 0 radical (unpaired) electrons. The lowest BCUT2D eigenvalue weighted by molar-refractivity contribution is 0.106. The topological polar surface area (TPSA) is 54.9 Å². The van der Waals surface area contributed by atoms with Gasteiger partial charge in [-0.25, -0.2) is 0 Å². The molecular weight excluding hydrogens is 314 g/mol. The molecule has 0 fully saturated rings. The third-order valence-electron chi connectivity index (χ3n) is 4.46. The number of guanidine groups is 1. The minimum Gasteiger partial charge on any atom is -0.497 e. The average Bonchev–Trinajstić information content (AvgIpc) is 2.70. The van der Waals surface area contributed by atoms with Gasteiger partial charge in [0, 0.05) is 26.1 Å². The lowest BCUT2D eigenvalue weighted by Gasteiger charge is -2.25. The van der Waals surface area contributed by atoms with Gasteiger partial charge in [-0.1, -0.05) is 42.5 Å². The SMILES string of the molecule is COc1cccc(C(CNC2=NCC(c3ccccc3)CN2)OC)c1. The number of rotatable bonds is 6. The van der Waals surface area contributed by atoms with Gasteiger partial charge < -0.3 is 20.1 Å². The number of ether oxygens (including phenoxy) is 2. The minimum atomic E-state index is -0.0635. The molecule has 3 rings (SSSR count). The lowest BCUT2D eigenvalue weighted by atomic mass is 9.98. The van der Waals surface area contributed by atoms with Crippen molar-refractivity contribution >= 4 is 5.96 Å². The first-order valence-corrected chi connectivity index (χ1v) is 8.54. The van der Waals surface area contributed by atoms with Crippen molar-refractivity contribution in [2.24, 2.45) is 4.99 Å². The maximum Gasteiger partial charge on any atom is 0.191 e. The van der Waals surface area contributed by atoms with Crippen LogP contribution in [-0.4, -0.2) is 39.8 Å². The zero-order valence-corrected chi connectivity index (χ0v) is 14.7. The van der Waals surface area contributed by atoms with Crippen LogP contribution in [0.2, 0.25) is 0 Å². The van der Waals surface area contributed by atoms with E-state index in [1.165, 1.54) is 5.56 Å². The average molecular weight is 339 g/mol. The number of nitrogens with zero attached hydrogens (tertiary/aromatic N) is 1. The summed E-state index contributed by atoms with van der Waals surface area (Å²) in [5.41, 5.74) is 2.40. The molecule has 0 aromatic heterocycles. The standard InChI is InChI=1S/C20H25N3O2/c1-24-18-10-6-9-16(11-18)19(25-2)14-23-20-21-12-17(13-22-20)15-7-4-3-5-8-15/h3-11,17,19H,12-14H2,1-2H3,(H2,21,22,23). The van der Waals surface area contributed by atoms with Crippen LogP contribution in [0.4, 0.5) is 0 Å². The second-order valence-electron chi connectivity index (χ2n) is 6.06. The molecule has 2 aromatic rings. The van der Waals surface area contributed by atoms with E-state index in [1.807, 2.05) is 30.3 Å². The van der Waals surface area contributed by atoms with Gasteiger partial charge in [0.05, 0.1) is 19.8 Å². The van der Waals surface area contributed by atoms with Crippen LogP contribution in [0.5, 0.6) is 5.75 Å². The quantitative estimate of drug-likeness (QED) is 0.850. The first-order chi connectivity index (χ1) is 12.3. The molecule has 0 bridgehead atoms. The van der Waals surface area contributed by atoms with E-state index in [-0.39, 0.29) is 6.10 Å². The van der Waals surface area contributed by atoms with Gasteiger partial charge in [-0.15, -0.1) is 0 Å². The zero-order valence-electron chi connectivity index (χ0n) is 14.7. The molecule has 2 N–H and O–H groups in total. The molecular formula is C20H25N3O2. The number of hydrogen-bond acceptors (Lipinski definition) is 5. The Balaban J connectivity index is 1.56. The molecule has 0 saturated heterocycles. The summed E-state index contributed by atoms with van der Waals surface area (Å²) >= 11 is 0. The Labute approximate surface area is 149 Å². The van der Waals surface area contributed by atoms with Crippen molar-refractivity contribution in [1.29, 1.82) is 0 Å². The van der Waals surface area contributed by atoms with Crippen molar-refractivity contribution in [1.82, 2.24) is 10.6 Å². The molecule has 5 nitrogen and oxygen atoms in total. The van der Waals surface area contributed by atoms with Gasteiger partial charge in [-0.05, 0) is 23.3 Å². The molecule has 0 spiro atoms. The van der Waals surface area contributed by atoms with E-state index in [4.69, 9.17) is 9.47 Å². The van der Waals surface area contributed by atoms with E-state index < -0.39 is 0 Å². The minimum absolute atomic E-state index is 0.0635. The molecule has 0 saturated carbocycles. The van der Waals surface area contributed by atoms with Crippen molar-refractivity contribution in [2.75, 3.05) is 33.9 Å². The van der Waals surface area contributed by atoms with Crippen LogP contribution >= 0.6 is 0 Å². The number of methoxy groups -OCH3 is 2. The summed E-state index contributed by atoms with van der Waals surface area (Å²) in [4.78, 5) is 4.64. The first kappa shape index (κ1) is 17.3. The predicted octanol–water partition coefficient (Wildman–Crippen LogP) is 2.72. The highest BCUT2D eigenvalue weighted by Crippen LogP contribution is 2.21. The molecule has 2 atom stereocenters. The van der Waals surface area contributed by atoms with Gasteiger partial charge in [-0.2, -0.15) is 0 Å². The van der Waals surface area contributed by atoms with Gasteiger partial charge in [0.1, 0.15) is 5.75 Å². The molecule has 132 valence electrons. The Morgan fingerprint density at radius 3 is 2.68 bits per heavy atom. The monoisotopic (exact) mass is 339 g/mol. The van der Waals surface area contributed by atoms with E-state index in [9.17, 15) is 0 Å². The molecule has 1 aliphatic heterocycles. The number of aliphatic imine (C=N–C) groups is 1. The van der Waals surface area contributed by atoms with Crippen LogP contribution in [0.1, 0.15) is 23.1 Å². The Morgan fingerprint density at radius 2 is 2.00 bits per heavy atom. The maximum atomic E-state index is 5.62. The number of hydrogen-bond donors (Lipinski definition) is 2. The number of nitrogens with one attached hydrogen (secondary N) is 2. The number of benzene rings is 2. The Bertz CT molecular complexity index is 703. The van der Waals surface area contributed by atoms with Crippen LogP contribution < -0.4 is 15.4 Å². The highest BCUT2D eigenvalue weighted by Gasteiger charge is 2.18. The van der Waals surface area contributed by atoms with Crippen molar-refractivity contribution in [2.45, 2.75) is 12.0 Å². The van der Waals surface area contributed by atoms with Crippen molar-refractivity contribution in [3.63, 3.8) is 0 Å². The molecule has 0 amide bonds. The molecule has 2 aromatic carbocycles.